The maximum atomic E-state index is 13.6. The highest BCUT2D eigenvalue weighted by atomic mass is 19.1. The number of likely N-dealkylation sites (N-methyl/N-ethyl adjacent to an activating group) is 1. The van der Waals surface area contributed by atoms with Crippen molar-refractivity contribution in [3.63, 3.8) is 0 Å². The molecule has 2 aromatic carbocycles. The number of hydrogen-bond donors (Lipinski definition) is 1. The molecule has 162 valence electrons. The lowest BCUT2D eigenvalue weighted by Gasteiger charge is -2.27. The first-order chi connectivity index (χ1) is 14.0. The van der Waals surface area contributed by atoms with Crippen LogP contribution < -0.4 is 15.0 Å². The van der Waals surface area contributed by atoms with Gasteiger partial charge in [0.2, 0.25) is 5.91 Å². The van der Waals surface area contributed by atoms with Crippen LogP contribution in [0, 0.1) is 11.6 Å². The molecular formula is C22H26F2N2O4. The second-order valence-corrected chi connectivity index (χ2v) is 7.78. The second-order valence-electron chi connectivity index (χ2n) is 7.78. The van der Waals surface area contributed by atoms with E-state index < -0.39 is 35.3 Å². The normalized spacial score (nSPS) is 12.1. The van der Waals surface area contributed by atoms with Crippen molar-refractivity contribution in [2.45, 2.75) is 38.8 Å². The minimum atomic E-state index is -1.10. The predicted octanol–water partition coefficient (Wildman–Crippen LogP) is 4.07. The molecule has 8 heteroatoms. The van der Waals surface area contributed by atoms with Gasteiger partial charge in [-0.25, -0.2) is 13.6 Å². The molecule has 0 heterocycles. The number of methoxy groups -OCH3 is 1. The maximum Gasteiger partial charge on any atom is 0.408 e. The van der Waals surface area contributed by atoms with Gasteiger partial charge < -0.3 is 19.7 Å². The SMILES string of the molecule is COc1ccc(N(C)C(=O)C(Cc2cc(F)cc(F)c2)NC(=O)OC(C)(C)C)cc1. The van der Waals surface area contributed by atoms with Crippen LogP contribution in [0.1, 0.15) is 26.3 Å². The first-order valence-electron chi connectivity index (χ1n) is 9.34. The third kappa shape index (κ3) is 6.72. The number of rotatable bonds is 6. The van der Waals surface area contributed by atoms with Crippen molar-refractivity contribution < 1.29 is 27.8 Å². The zero-order valence-corrected chi connectivity index (χ0v) is 17.7. The number of nitrogens with one attached hydrogen (secondary N) is 1. The van der Waals surface area contributed by atoms with E-state index in [0.717, 1.165) is 18.2 Å². The molecule has 0 saturated heterocycles. The molecule has 0 saturated carbocycles. The van der Waals surface area contributed by atoms with E-state index in [-0.39, 0.29) is 12.0 Å². The zero-order chi connectivity index (χ0) is 22.5. The number of halogens is 2. The van der Waals surface area contributed by atoms with Crippen LogP contribution in [0.25, 0.3) is 0 Å². The number of carbonyl (C=O) groups excluding carboxylic acids is 2. The number of ether oxygens (including phenoxy) is 2. The third-order valence-corrected chi connectivity index (χ3v) is 4.14. The number of carbonyl (C=O) groups is 2. The van der Waals surface area contributed by atoms with Gasteiger partial charge in [0.1, 0.15) is 29.0 Å². The molecule has 0 aromatic heterocycles. The lowest BCUT2D eigenvalue weighted by atomic mass is 10.0. The van der Waals surface area contributed by atoms with Gasteiger partial charge >= 0.3 is 6.09 Å². The molecule has 1 unspecified atom stereocenters. The van der Waals surface area contributed by atoms with E-state index in [0.29, 0.717) is 11.4 Å². The van der Waals surface area contributed by atoms with Gasteiger partial charge in [-0.05, 0) is 62.7 Å². The summed E-state index contributed by atoms with van der Waals surface area (Å²) in [5.74, 6) is -1.39. The summed E-state index contributed by atoms with van der Waals surface area (Å²) >= 11 is 0. The Morgan fingerprint density at radius 1 is 1.07 bits per heavy atom. The topological polar surface area (TPSA) is 67.9 Å². The van der Waals surface area contributed by atoms with E-state index in [1.54, 1.807) is 52.1 Å². The van der Waals surface area contributed by atoms with E-state index in [9.17, 15) is 18.4 Å². The Balaban J connectivity index is 2.27. The Bertz CT molecular complexity index is 875. The molecule has 0 aliphatic heterocycles. The summed E-state index contributed by atoms with van der Waals surface area (Å²) in [5, 5.41) is 2.51. The van der Waals surface area contributed by atoms with Crippen LogP contribution in [0.5, 0.6) is 5.75 Å². The molecule has 0 radical (unpaired) electrons. The van der Waals surface area contributed by atoms with Crippen molar-refractivity contribution in [3.8, 4) is 5.75 Å². The first kappa shape index (κ1) is 23.1. The number of benzene rings is 2. The molecule has 1 N–H and O–H groups in total. The second kappa shape index (κ2) is 9.56. The van der Waals surface area contributed by atoms with Crippen molar-refractivity contribution in [2.24, 2.45) is 0 Å². The molecule has 0 aliphatic carbocycles. The molecule has 0 aliphatic rings. The van der Waals surface area contributed by atoms with Crippen molar-refractivity contribution in [1.82, 2.24) is 5.32 Å². The highest BCUT2D eigenvalue weighted by molar-refractivity contribution is 5.98. The number of amides is 2. The van der Waals surface area contributed by atoms with Crippen LogP contribution in [0.15, 0.2) is 42.5 Å². The smallest absolute Gasteiger partial charge is 0.408 e. The van der Waals surface area contributed by atoms with Gasteiger partial charge in [0.25, 0.3) is 0 Å². The highest BCUT2D eigenvalue weighted by Gasteiger charge is 2.28. The van der Waals surface area contributed by atoms with Crippen molar-refractivity contribution in [3.05, 3.63) is 59.7 Å². The molecule has 1 atom stereocenters. The molecule has 0 bridgehead atoms. The summed E-state index contributed by atoms with van der Waals surface area (Å²) in [5.41, 5.74) is 0.0112. The maximum absolute atomic E-state index is 13.6. The molecule has 6 nitrogen and oxygen atoms in total. The lowest BCUT2D eigenvalue weighted by Crippen LogP contribution is -2.50. The van der Waals surface area contributed by atoms with E-state index >= 15 is 0 Å². The Morgan fingerprint density at radius 3 is 2.13 bits per heavy atom. The van der Waals surface area contributed by atoms with Gasteiger partial charge in [-0.1, -0.05) is 0 Å². The summed E-state index contributed by atoms with van der Waals surface area (Å²) < 4.78 is 37.5. The Kier molecular flexibility index (Phi) is 7.37. The standard InChI is InChI=1S/C22H26F2N2O4/c1-22(2,3)30-21(28)25-19(12-14-10-15(23)13-16(24)11-14)20(27)26(4)17-6-8-18(29-5)9-7-17/h6-11,13,19H,12H2,1-5H3,(H,25,28). The van der Waals surface area contributed by atoms with Gasteiger partial charge in [0.05, 0.1) is 7.11 Å². The highest BCUT2D eigenvalue weighted by Crippen LogP contribution is 2.20. The Morgan fingerprint density at radius 2 is 1.63 bits per heavy atom. The fourth-order valence-electron chi connectivity index (χ4n) is 2.78. The van der Waals surface area contributed by atoms with E-state index in [1.807, 2.05) is 0 Å². The van der Waals surface area contributed by atoms with Gasteiger partial charge in [-0.2, -0.15) is 0 Å². The summed E-state index contributed by atoms with van der Waals surface area (Å²) in [4.78, 5) is 26.7. The van der Waals surface area contributed by atoms with E-state index in [4.69, 9.17) is 9.47 Å². The van der Waals surface area contributed by atoms with Crippen LogP contribution in [0.2, 0.25) is 0 Å². The largest absolute Gasteiger partial charge is 0.497 e. The van der Waals surface area contributed by atoms with E-state index in [1.165, 1.54) is 12.0 Å². The van der Waals surface area contributed by atoms with Crippen LogP contribution >= 0.6 is 0 Å². The minimum Gasteiger partial charge on any atom is -0.497 e. The molecule has 0 spiro atoms. The quantitative estimate of drug-likeness (QED) is 0.765. The number of nitrogens with zero attached hydrogens (tertiary/aromatic N) is 1. The number of anilines is 1. The number of alkyl carbamates (subject to hydrolysis) is 1. The molecule has 2 amide bonds. The predicted molar refractivity (Wildman–Crippen MR) is 110 cm³/mol. The van der Waals surface area contributed by atoms with Crippen molar-refractivity contribution >= 4 is 17.7 Å². The average molecular weight is 420 g/mol. The van der Waals surface area contributed by atoms with Crippen molar-refractivity contribution in [2.75, 3.05) is 19.1 Å². The minimum absolute atomic E-state index is 0.118. The molecule has 2 aromatic rings. The lowest BCUT2D eigenvalue weighted by molar-refractivity contribution is -0.120. The monoisotopic (exact) mass is 420 g/mol. The van der Waals surface area contributed by atoms with Crippen LogP contribution in [-0.2, 0) is 16.0 Å². The van der Waals surface area contributed by atoms with Gasteiger partial charge in [0, 0.05) is 25.2 Å². The summed E-state index contributed by atoms with van der Waals surface area (Å²) in [6.07, 6.45) is -0.923. The van der Waals surface area contributed by atoms with E-state index in [2.05, 4.69) is 5.32 Å². The first-order valence-corrected chi connectivity index (χ1v) is 9.34. The molecule has 0 fully saturated rings. The Hall–Kier alpha value is -3.16. The fourth-order valence-corrected chi connectivity index (χ4v) is 2.78. The van der Waals surface area contributed by atoms with Crippen LogP contribution in [0.3, 0.4) is 0 Å². The number of hydrogen-bond acceptors (Lipinski definition) is 4. The van der Waals surface area contributed by atoms with Gasteiger partial charge in [-0.3, -0.25) is 4.79 Å². The molecule has 2 rings (SSSR count). The van der Waals surface area contributed by atoms with Gasteiger partial charge in [0.15, 0.2) is 0 Å². The fraction of sp³-hybridized carbons (Fsp3) is 0.364. The Labute approximate surface area is 174 Å². The zero-order valence-electron chi connectivity index (χ0n) is 17.7. The van der Waals surface area contributed by atoms with Crippen LogP contribution in [0.4, 0.5) is 19.3 Å². The summed E-state index contributed by atoms with van der Waals surface area (Å²) in [6, 6.07) is 8.63. The summed E-state index contributed by atoms with van der Waals surface area (Å²) in [6.45, 7) is 5.07. The third-order valence-electron chi connectivity index (χ3n) is 4.14. The average Bonchev–Trinajstić information content (AvgIpc) is 2.64. The van der Waals surface area contributed by atoms with Crippen LogP contribution in [-0.4, -0.2) is 37.8 Å². The molecular weight excluding hydrogens is 394 g/mol. The molecule has 30 heavy (non-hydrogen) atoms. The summed E-state index contributed by atoms with van der Waals surface area (Å²) in [7, 11) is 3.07. The van der Waals surface area contributed by atoms with Gasteiger partial charge in [-0.15, -0.1) is 0 Å². The van der Waals surface area contributed by atoms with Crippen molar-refractivity contribution in [1.29, 1.82) is 0 Å².